The van der Waals surface area contributed by atoms with Crippen LogP contribution < -0.4 is 4.74 Å². The molecule has 1 heterocycles. The molecule has 0 aliphatic heterocycles. The van der Waals surface area contributed by atoms with Crippen LogP contribution in [-0.4, -0.2) is 15.6 Å². The molecule has 1 aromatic heterocycles. The van der Waals surface area contributed by atoms with Crippen LogP contribution in [0.3, 0.4) is 0 Å². The molecule has 0 unspecified atom stereocenters. The molecule has 0 atom stereocenters. The lowest BCUT2D eigenvalue weighted by Gasteiger charge is -2.13. The topological polar surface area (TPSA) is 51.5 Å². The minimum atomic E-state index is -0.998. The fourth-order valence-electron chi connectivity index (χ4n) is 3.29. The zero-order valence-electron chi connectivity index (χ0n) is 15.3. The first kappa shape index (κ1) is 18.7. The molecule has 0 aliphatic rings. The van der Waals surface area contributed by atoms with Gasteiger partial charge >= 0.3 is 5.97 Å². The Kier molecular flexibility index (Phi) is 4.99. The maximum atomic E-state index is 13.9. The van der Waals surface area contributed by atoms with E-state index in [1.165, 1.54) is 24.3 Å². The van der Waals surface area contributed by atoms with Gasteiger partial charge < -0.3 is 14.4 Å². The molecule has 4 nitrogen and oxygen atoms in total. The molecular formula is C23H17F2NO3. The van der Waals surface area contributed by atoms with E-state index in [4.69, 9.17) is 4.74 Å². The SMILES string of the molecule is O=C(O)c1cccc2c1ccn2Cc1cc(F)ccc1OCc1ccc(F)cc1. The first-order valence-electron chi connectivity index (χ1n) is 8.98. The molecule has 0 saturated carbocycles. The predicted octanol–water partition coefficient (Wildman–Crippen LogP) is 5.25. The van der Waals surface area contributed by atoms with Crippen LogP contribution in [0.4, 0.5) is 8.78 Å². The van der Waals surface area contributed by atoms with E-state index in [0.717, 1.165) is 11.1 Å². The molecular weight excluding hydrogens is 376 g/mol. The maximum absolute atomic E-state index is 13.9. The van der Waals surface area contributed by atoms with Crippen LogP contribution in [0, 0.1) is 11.6 Å². The Morgan fingerprint density at radius 1 is 0.966 bits per heavy atom. The van der Waals surface area contributed by atoms with E-state index >= 15 is 0 Å². The highest BCUT2D eigenvalue weighted by atomic mass is 19.1. The number of hydrogen-bond acceptors (Lipinski definition) is 2. The average molecular weight is 393 g/mol. The van der Waals surface area contributed by atoms with E-state index in [1.54, 1.807) is 42.6 Å². The molecule has 0 fully saturated rings. The summed E-state index contributed by atoms with van der Waals surface area (Å²) in [5.41, 5.74) is 2.36. The Labute approximate surface area is 165 Å². The minimum absolute atomic E-state index is 0.216. The van der Waals surface area contributed by atoms with Gasteiger partial charge in [-0.25, -0.2) is 13.6 Å². The highest BCUT2D eigenvalue weighted by Crippen LogP contribution is 2.26. The predicted molar refractivity (Wildman–Crippen MR) is 105 cm³/mol. The zero-order chi connectivity index (χ0) is 20.4. The van der Waals surface area contributed by atoms with Gasteiger partial charge in [-0.3, -0.25) is 0 Å². The third-order valence-corrected chi connectivity index (χ3v) is 4.71. The van der Waals surface area contributed by atoms with Gasteiger partial charge in [-0.1, -0.05) is 18.2 Å². The summed E-state index contributed by atoms with van der Waals surface area (Å²) in [6, 6.07) is 17.0. The summed E-state index contributed by atoms with van der Waals surface area (Å²) < 4.78 is 34.6. The first-order valence-corrected chi connectivity index (χ1v) is 8.98. The van der Waals surface area contributed by atoms with Crippen LogP contribution in [0.25, 0.3) is 10.9 Å². The zero-order valence-corrected chi connectivity index (χ0v) is 15.3. The molecule has 0 spiro atoms. The van der Waals surface area contributed by atoms with Crippen molar-refractivity contribution in [3.05, 3.63) is 101 Å². The second kappa shape index (κ2) is 7.75. The first-order chi connectivity index (χ1) is 14.0. The normalized spacial score (nSPS) is 11.0. The maximum Gasteiger partial charge on any atom is 0.336 e. The van der Waals surface area contributed by atoms with E-state index in [1.807, 2.05) is 10.6 Å². The molecule has 1 N–H and O–H groups in total. The van der Waals surface area contributed by atoms with Crippen molar-refractivity contribution in [3.63, 3.8) is 0 Å². The Hall–Kier alpha value is -3.67. The minimum Gasteiger partial charge on any atom is -0.489 e. The monoisotopic (exact) mass is 393 g/mol. The highest BCUT2D eigenvalue weighted by molar-refractivity contribution is 6.03. The van der Waals surface area contributed by atoms with Gasteiger partial charge in [-0.2, -0.15) is 0 Å². The Morgan fingerprint density at radius 2 is 1.72 bits per heavy atom. The van der Waals surface area contributed by atoms with E-state index in [2.05, 4.69) is 0 Å². The number of carboxylic acid groups (broad SMARTS) is 1. The van der Waals surface area contributed by atoms with E-state index in [9.17, 15) is 18.7 Å². The number of benzene rings is 3. The quantitative estimate of drug-likeness (QED) is 0.487. The third-order valence-electron chi connectivity index (χ3n) is 4.71. The van der Waals surface area contributed by atoms with E-state index < -0.39 is 11.8 Å². The summed E-state index contributed by atoms with van der Waals surface area (Å²) >= 11 is 0. The fourth-order valence-corrected chi connectivity index (χ4v) is 3.29. The third kappa shape index (κ3) is 3.96. The van der Waals surface area contributed by atoms with Crippen LogP contribution in [-0.2, 0) is 13.2 Å². The second-order valence-electron chi connectivity index (χ2n) is 6.65. The molecule has 3 aromatic carbocycles. The largest absolute Gasteiger partial charge is 0.489 e. The van der Waals surface area contributed by atoms with Crippen molar-refractivity contribution in [1.82, 2.24) is 4.57 Å². The molecule has 146 valence electrons. The number of rotatable bonds is 6. The van der Waals surface area contributed by atoms with Gasteiger partial charge in [-0.05, 0) is 54.1 Å². The summed E-state index contributed by atoms with van der Waals surface area (Å²) in [4.78, 5) is 11.4. The summed E-state index contributed by atoms with van der Waals surface area (Å²) in [6.07, 6.45) is 1.77. The Morgan fingerprint density at radius 3 is 2.48 bits per heavy atom. The van der Waals surface area contributed by atoms with Crippen LogP contribution in [0.5, 0.6) is 5.75 Å². The number of ether oxygens (including phenoxy) is 1. The van der Waals surface area contributed by atoms with E-state index in [-0.39, 0.29) is 18.0 Å². The molecule has 29 heavy (non-hydrogen) atoms. The number of fused-ring (bicyclic) bond motifs is 1. The standard InChI is InChI=1S/C23H17F2NO3/c24-17-6-4-15(5-7-17)14-29-22-9-8-18(25)12-16(22)13-26-11-10-19-20(23(27)28)2-1-3-21(19)26/h1-12H,13-14H2,(H,27,28). The molecule has 4 aromatic rings. The fraction of sp³-hybridized carbons (Fsp3) is 0.0870. The van der Waals surface area contributed by atoms with Gasteiger partial charge in [-0.15, -0.1) is 0 Å². The molecule has 0 bridgehead atoms. The number of nitrogens with zero attached hydrogens (tertiary/aromatic N) is 1. The van der Waals surface area contributed by atoms with Crippen molar-refractivity contribution in [1.29, 1.82) is 0 Å². The summed E-state index contributed by atoms with van der Waals surface area (Å²) in [5.74, 6) is -1.21. The second-order valence-corrected chi connectivity index (χ2v) is 6.65. The van der Waals surface area contributed by atoms with Gasteiger partial charge in [0.2, 0.25) is 0 Å². The van der Waals surface area contributed by atoms with Crippen LogP contribution in [0.15, 0.2) is 72.9 Å². The van der Waals surface area contributed by atoms with Gasteiger partial charge in [0.25, 0.3) is 0 Å². The lowest BCUT2D eigenvalue weighted by atomic mass is 10.1. The van der Waals surface area contributed by atoms with Gasteiger partial charge in [0.1, 0.15) is 24.0 Å². The summed E-state index contributed by atoms with van der Waals surface area (Å²) in [7, 11) is 0. The average Bonchev–Trinajstić information content (AvgIpc) is 3.11. The van der Waals surface area contributed by atoms with Crippen molar-refractivity contribution in [2.45, 2.75) is 13.2 Å². The Bertz CT molecular complexity index is 1180. The van der Waals surface area contributed by atoms with E-state index in [0.29, 0.717) is 23.2 Å². The lowest BCUT2D eigenvalue weighted by molar-refractivity contribution is 0.0699. The number of aromatic nitrogens is 1. The summed E-state index contributed by atoms with van der Waals surface area (Å²) in [5, 5.41) is 9.97. The molecule has 0 radical (unpaired) electrons. The Balaban J connectivity index is 1.63. The van der Waals surface area contributed by atoms with Crippen molar-refractivity contribution < 1.29 is 23.4 Å². The van der Waals surface area contributed by atoms with Gasteiger partial charge in [0.15, 0.2) is 0 Å². The molecule has 0 saturated heterocycles. The number of hydrogen-bond donors (Lipinski definition) is 1. The van der Waals surface area contributed by atoms with Crippen molar-refractivity contribution in [2.75, 3.05) is 0 Å². The van der Waals surface area contributed by atoms with Crippen molar-refractivity contribution in [2.24, 2.45) is 0 Å². The van der Waals surface area contributed by atoms with Crippen molar-refractivity contribution >= 4 is 16.9 Å². The highest BCUT2D eigenvalue weighted by Gasteiger charge is 2.13. The van der Waals surface area contributed by atoms with Gasteiger partial charge in [0, 0.05) is 22.7 Å². The van der Waals surface area contributed by atoms with Crippen LogP contribution >= 0.6 is 0 Å². The molecule has 0 aliphatic carbocycles. The smallest absolute Gasteiger partial charge is 0.336 e. The van der Waals surface area contributed by atoms with Crippen molar-refractivity contribution in [3.8, 4) is 5.75 Å². The molecule has 6 heteroatoms. The lowest BCUT2D eigenvalue weighted by Crippen LogP contribution is -2.04. The summed E-state index contributed by atoms with van der Waals surface area (Å²) in [6.45, 7) is 0.525. The van der Waals surface area contributed by atoms with Crippen LogP contribution in [0.1, 0.15) is 21.5 Å². The number of halogens is 2. The molecule has 4 rings (SSSR count). The number of aromatic carboxylic acids is 1. The number of carbonyl (C=O) groups is 1. The van der Waals surface area contributed by atoms with Crippen LogP contribution in [0.2, 0.25) is 0 Å². The molecule has 0 amide bonds. The van der Waals surface area contributed by atoms with Gasteiger partial charge in [0.05, 0.1) is 12.1 Å². The number of carboxylic acids is 1.